The quantitative estimate of drug-likeness (QED) is 0.420. The first kappa shape index (κ1) is 17.8. The molecule has 1 N–H and O–H groups in total. The fourth-order valence-corrected chi connectivity index (χ4v) is 1.94. The Kier molecular flexibility index (Phi) is 7.50. The lowest BCUT2D eigenvalue weighted by molar-refractivity contribution is 0.265. The third kappa shape index (κ3) is 5.53. The van der Waals surface area contributed by atoms with Crippen molar-refractivity contribution in [1.82, 2.24) is 5.32 Å². The van der Waals surface area contributed by atoms with Crippen LogP contribution in [-0.2, 0) is 0 Å². The number of hydrogen-bond donors (Lipinski definition) is 1. The Morgan fingerprint density at radius 2 is 1.71 bits per heavy atom. The standard InChI is InChI=1S/C15H21F4NO/c1-3-4-5-6-10(2)20-7-8-21-15-13(18)11(16)9-12(17)14(15)19/h9-10,20H,3-8H2,1-2H3. The van der Waals surface area contributed by atoms with Crippen LogP contribution in [0.2, 0.25) is 0 Å². The zero-order valence-corrected chi connectivity index (χ0v) is 12.3. The third-order valence-electron chi connectivity index (χ3n) is 3.15. The Labute approximate surface area is 122 Å². The second-order valence-electron chi connectivity index (χ2n) is 5.00. The largest absolute Gasteiger partial charge is 0.486 e. The van der Waals surface area contributed by atoms with Gasteiger partial charge in [-0.15, -0.1) is 0 Å². The first-order valence-corrected chi connectivity index (χ1v) is 7.16. The summed E-state index contributed by atoms with van der Waals surface area (Å²) in [4.78, 5) is 0. The fraction of sp³-hybridized carbons (Fsp3) is 0.600. The minimum atomic E-state index is -1.51. The third-order valence-corrected chi connectivity index (χ3v) is 3.15. The van der Waals surface area contributed by atoms with Crippen LogP contribution in [0.25, 0.3) is 0 Å². The van der Waals surface area contributed by atoms with Crippen LogP contribution in [0.15, 0.2) is 6.07 Å². The molecule has 0 fully saturated rings. The van der Waals surface area contributed by atoms with Crippen LogP contribution in [0.3, 0.4) is 0 Å². The summed E-state index contributed by atoms with van der Waals surface area (Å²) in [5.74, 6) is -6.96. The number of rotatable bonds is 9. The number of hydrogen-bond acceptors (Lipinski definition) is 2. The van der Waals surface area contributed by atoms with Crippen LogP contribution in [-0.4, -0.2) is 19.2 Å². The predicted octanol–water partition coefficient (Wildman–Crippen LogP) is 4.18. The SMILES string of the molecule is CCCCCC(C)NCCOc1c(F)c(F)cc(F)c1F. The summed E-state index contributed by atoms with van der Waals surface area (Å²) < 4.78 is 57.3. The molecule has 120 valence electrons. The average Bonchev–Trinajstić information content (AvgIpc) is 2.44. The number of ether oxygens (including phenoxy) is 1. The van der Waals surface area contributed by atoms with Crippen LogP contribution < -0.4 is 10.1 Å². The zero-order chi connectivity index (χ0) is 15.8. The minimum absolute atomic E-state index is 0.0746. The zero-order valence-electron chi connectivity index (χ0n) is 12.3. The monoisotopic (exact) mass is 307 g/mol. The number of benzene rings is 1. The summed E-state index contributed by atoms with van der Waals surface area (Å²) in [6.07, 6.45) is 4.38. The van der Waals surface area contributed by atoms with Gasteiger partial charge in [0.05, 0.1) is 0 Å². The highest BCUT2D eigenvalue weighted by atomic mass is 19.2. The molecule has 1 rings (SSSR count). The van der Waals surface area contributed by atoms with Crippen LogP contribution >= 0.6 is 0 Å². The van der Waals surface area contributed by atoms with Gasteiger partial charge in [0.1, 0.15) is 6.61 Å². The van der Waals surface area contributed by atoms with Crippen molar-refractivity contribution in [1.29, 1.82) is 0 Å². The van der Waals surface area contributed by atoms with Gasteiger partial charge in [-0.1, -0.05) is 26.2 Å². The summed E-state index contributed by atoms with van der Waals surface area (Å²) in [7, 11) is 0. The lowest BCUT2D eigenvalue weighted by atomic mass is 10.1. The Morgan fingerprint density at radius 3 is 2.29 bits per heavy atom. The molecule has 0 saturated carbocycles. The van der Waals surface area contributed by atoms with Gasteiger partial charge in [-0.25, -0.2) is 8.78 Å². The molecule has 0 spiro atoms. The van der Waals surface area contributed by atoms with Gasteiger partial charge >= 0.3 is 0 Å². The first-order chi connectivity index (χ1) is 9.97. The Morgan fingerprint density at radius 1 is 1.10 bits per heavy atom. The molecular formula is C15H21F4NO. The van der Waals surface area contributed by atoms with Gasteiger partial charge in [0.15, 0.2) is 17.4 Å². The van der Waals surface area contributed by atoms with Gasteiger partial charge in [-0.3, -0.25) is 0 Å². The van der Waals surface area contributed by atoms with E-state index in [2.05, 4.69) is 12.2 Å². The highest BCUT2D eigenvalue weighted by molar-refractivity contribution is 5.28. The molecule has 0 aromatic heterocycles. The molecule has 0 aliphatic rings. The Hall–Kier alpha value is -1.30. The highest BCUT2D eigenvalue weighted by Gasteiger charge is 2.20. The number of nitrogens with one attached hydrogen (secondary N) is 1. The molecule has 0 saturated heterocycles. The van der Waals surface area contributed by atoms with E-state index in [1.165, 1.54) is 0 Å². The van der Waals surface area contributed by atoms with Crippen LogP contribution in [0.4, 0.5) is 17.6 Å². The molecule has 0 aliphatic heterocycles. The van der Waals surface area contributed by atoms with E-state index in [0.29, 0.717) is 6.54 Å². The van der Waals surface area contributed by atoms with Gasteiger partial charge in [-0.2, -0.15) is 8.78 Å². The van der Waals surface area contributed by atoms with Gasteiger partial charge in [0, 0.05) is 18.7 Å². The second kappa shape index (κ2) is 8.87. The summed E-state index contributed by atoms with van der Waals surface area (Å²) in [6.45, 7) is 4.38. The molecule has 21 heavy (non-hydrogen) atoms. The fourth-order valence-electron chi connectivity index (χ4n) is 1.94. The second-order valence-corrected chi connectivity index (χ2v) is 5.00. The van der Waals surface area contributed by atoms with Gasteiger partial charge in [-0.05, 0) is 13.3 Å². The molecule has 0 aliphatic carbocycles. The molecule has 1 unspecified atom stereocenters. The maximum Gasteiger partial charge on any atom is 0.203 e. The number of halogens is 4. The molecule has 1 aromatic carbocycles. The van der Waals surface area contributed by atoms with E-state index in [4.69, 9.17) is 4.74 Å². The van der Waals surface area contributed by atoms with Crippen molar-refractivity contribution in [2.45, 2.75) is 45.6 Å². The first-order valence-electron chi connectivity index (χ1n) is 7.16. The van der Waals surface area contributed by atoms with Crippen molar-refractivity contribution >= 4 is 0 Å². The van der Waals surface area contributed by atoms with E-state index in [1.807, 2.05) is 6.92 Å². The van der Waals surface area contributed by atoms with Crippen molar-refractivity contribution in [2.75, 3.05) is 13.2 Å². The summed E-state index contributed by atoms with van der Waals surface area (Å²) in [5.41, 5.74) is 0. The molecule has 6 heteroatoms. The molecule has 0 heterocycles. The Bertz CT molecular complexity index is 428. The van der Waals surface area contributed by atoms with Gasteiger partial charge in [0.25, 0.3) is 0 Å². The summed E-state index contributed by atoms with van der Waals surface area (Å²) in [6, 6.07) is 0.407. The average molecular weight is 307 g/mol. The van der Waals surface area contributed by atoms with Crippen molar-refractivity contribution < 1.29 is 22.3 Å². The summed E-state index contributed by atoms with van der Waals surface area (Å²) >= 11 is 0. The minimum Gasteiger partial charge on any atom is -0.486 e. The molecule has 0 bridgehead atoms. The van der Waals surface area contributed by atoms with Crippen LogP contribution in [0, 0.1) is 23.3 Å². The molecule has 0 radical (unpaired) electrons. The number of unbranched alkanes of at least 4 members (excludes halogenated alkanes) is 2. The van der Waals surface area contributed by atoms with Gasteiger partial charge in [0.2, 0.25) is 11.6 Å². The van der Waals surface area contributed by atoms with E-state index < -0.39 is 29.0 Å². The molecule has 2 nitrogen and oxygen atoms in total. The van der Waals surface area contributed by atoms with Crippen LogP contribution in [0.5, 0.6) is 5.75 Å². The molecular weight excluding hydrogens is 286 g/mol. The highest BCUT2D eigenvalue weighted by Crippen LogP contribution is 2.26. The Balaban J connectivity index is 2.40. The lowest BCUT2D eigenvalue weighted by Gasteiger charge is -2.14. The van der Waals surface area contributed by atoms with E-state index in [1.54, 1.807) is 0 Å². The van der Waals surface area contributed by atoms with Gasteiger partial charge < -0.3 is 10.1 Å². The maximum atomic E-state index is 13.3. The molecule has 1 atom stereocenters. The van der Waals surface area contributed by atoms with E-state index in [9.17, 15) is 17.6 Å². The van der Waals surface area contributed by atoms with Crippen molar-refractivity contribution in [3.05, 3.63) is 29.3 Å². The lowest BCUT2D eigenvalue weighted by Crippen LogP contribution is -2.30. The molecule has 0 amide bonds. The van der Waals surface area contributed by atoms with Crippen molar-refractivity contribution in [3.63, 3.8) is 0 Å². The van der Waals surface area contributed by atoms with E-state index in [0.717, 1.165) is 25.7 Å². The normalized spacial score (nSPS) is 12.5. The van der Waals surface area contributed by atoms with E-state index >= 15 is 0 Å². The summed E-state index contributed by atoms with van der Waals surface area (Å²) in [5, 5.41) is 3.12. The smallest absolute Gasteiger partial charge is 0.203 e. The topological polar surface area (TPSA) is 21.3 Å². The molecule has 1 aromatic rings. The van der Waals surface area contributed by atoms with Crippen molar-refractivity contribution in [2.24, 2.45) is 0 Å². The predicted molar refractivity (Wildman–Crippen MR) is 73.4 cm³/mol. The van der Waals surface area contributed by atoms with Crippen LogP contribution in [0.1, 0.15) is 39.5 Å². The maximum absolute atomic E-state index is 13.3. The van der Waals surface area contributed by atoms with E-state index in [-0.39, 0.29) is 18.7 Å². The van der Waals surface area contributed by atoms with Crippen molar-refractivity contribution in [3.8, 4) is 5.75 Å².